The average Bonchev–Trinajstić information content (AvgIpc) is 2.17. The van der Waals surface area contributed by atoms with Crippen molar-refractivity contribution in [3.63, 3.8) is 0 Å². The van der Waals surface area contributed by atoms with Crippen LogP contribution in [0.3, 0.4) is 0 Å². The maximum atomic E-state index is 11.1. The van der Waals surface area contributed by atoms with Gasteiger partial charge in [-0.3, -0.25) is 4.55 Å². The predicted octanol–water partition coefficient (Wildman–Crippen LogP) is -3.87. The van der Waals surface area contributed by atoms with Crippen LogP contribution in [0.5, 0.6) is 0 Å². The van der Waals surface area contributed by atoms with E-state index in [9.17, 15) is 23.4 Å². The molecule has 5 atom stereocenters. The normalized spacial score (nSPS) is 38.8. The Morgan fingerprint density at radius 3 is 2.06 bits per heavy atom. The summed E-state index contributed by atoms with van der Waals surface area (Å²) in [5, 5.41) is 36.5. The van der Waals surface area contributed by atoms with E-state index in [1.54, 1.807) is 0 Å². The third-order valence-electron chi connectivity index (χ3n) is 2.01. The summed E-state index contributed by atoms with van der Waals surface area (Å²) >= 11 is 0. The number of ether oxygens (including phenoxy) is 1. The van der Waals surface area contributed by atoms with Gasteiger partial charge in [0.05, 0.1) is 0 Å². The van der Waals surface area contributed by atoms with E-state index in [1.807, 2.05) is 0 Å². The molecule has 0 aromatic rings. The highest BCUT2D eigenvalue weighted by Gasteiger charge is 2.47. The van der Waals surface area contributed by atoms with Crippen molar-refractivity contribution < 1.29 is 47.1 Å². The van der Waals surface area contributed by atoms with Crippen molar-refractivity contribution in [2.75, 3.05) is 0 Å². The number of aliphatic hydroxyl groups excluding tert-OH is 4. The first-order valence-corrected chi connectivity index (χ1v) is 5.58. The smallest absolute Gasteiger partial charge is 0.387 e. The average molecular weight is 274 g/mol. The molecule has 1 heterocycles. The summed E-state index contributed by atoms with van der Waals surface area (Å²) in [7, 11) is -5.11. The van der Waals surface area contributed by atoms with Crippen molar-refractivity contribution in [2.45, 2.75) is 30.7 Å². The van der Waals surface area contributed by atoms with Gasteiger partial charge in [0, 0.05) is 0 Å². The Morgan fingerprint density at radius 2 is 1.59 bits per heavy atom. The number of carbonyl (C=O) groups excluding carboxylic acids is 1. The fourth-order valence-electron chi connectivity index (χ4n) is 1.21. The fourth-order valence-corrected chi connectivity index (χ4v) is 1.51. The molecule has 1 unspecified atom stereocenters. The standard InChI is InChI=1S/C6H10O10S/c7-1-2(8)4(15-5(10)3(1)9)6(11)16-17(12,13)14/h1-5,7-10H,(H,12,13,14)/t1-,2-,3+,4+,5?/m0/s1. The summed E-state index contributed by atoms with van der Waals surface area (Å²) < 4.78 is 36.5. The highest BCUT2D eigenvalue weighted by molar-refractivity contribution is 7.81. The fraction of sp³-hybridized carbons (Fsp3) is 0.833. The van der Waals surface area contributed by atoms with Crippen LogP contribution in [0.2, 0.25) is 0 Å². The quantitative estimate of drug-likeness (QED) is 0.314. The molecule has 17 heavy (non-hydrogen) atoms. The Hall–Kier alpha value is -0.820. The molecule has 0 aromatic heterocycles. The van der Waals surface area contributed by atoms with E-state index in [0.717, 1.165) is 0 Å². The molecule has 1 aliphatic heterocycles. The van der Waals surface area contributed by atoms with Gasteiger partial charge in [0.25, 0.3) is 0 Å². The van der Waals surface area contributed by atoms with Crippen LogP contribution in [0.15, 0.2) is 0 Å². The zero-order valence-corrected chi connectivity index (χ0v) is 8.89. The van der Waals surface area contributed by atoms with Crippen molar-refractivity contribution in [3.05, 3.63) is 0 Å². The summed E-state index contributed by atoms with van der Waals surface area (Å²) in [4.78, 5) is 11.1. The summed E-state index contributed by atoms with van der Waals surface area (Å²) in [6.45, 7) is 0. The number of aliphatic hydroxyl groups is 4. The van der Waals surface area contributed by atoms with E-state index in [4.69, 9.17) is 14.8 Å². The highest BCUT2D eigenvalue weighted by atomic mass is 32.3. The zero-order valence-electron chi connectivity index (χ0n) is 8.07. The largest absolute Gasteiger partial charge is 0.449 e. The molecular weight excluding hydrogens is 264 g/mol. The molecule has 0 radical (unpaired) electrons. The second-order valence-electron chi connectivity index (χ2n) is 3.25. The molecule has 1 aliphatic rings. The van der Waals surface area contributed by atoms with Gasteiger partial charge in [0.1, 0.15) is 18.3 Å². The van der Waals surface area contributed by atoms with Crippen LogP contribution < -0.4 is 0 Å². The van der Waals surface area contributed by atoms with E-state index >= 15 is 0 Å². The SMILES string of the molecule is O=C(OS(=O)(=O)O)[C@@H]1OC(O)[C@H](O)[C@@H](O)[C@@H]1O. The first-order chi connectivity index (χ1) is 7.63. The summed E-state index contributed by atoms with van der Waals surface area (Å²) in [6.07, 6.45) is -9.93. The van der Waals surface area contributed by atoms with Crippen molar-refractivity contribution >= 4 is 16.4 Å². The number of hydrogen-bond acceptors (Lipinski definition) is 9. The van der Waals surface area contributed by atoms with Gasteiger partial charge in [-0.25, -0.2) is 4.79 Å². The minimum atomic E-state index is -5.11. The third-order valence-corrected chi connectivity index (χ3v) is 2.38. The number of hydrogen-bond donors (Lipinski definition) is 5. The topological polar surface area (TPSA) is 171 Å². The molecule has 100 valence electrons. The van der Waals surface area contributed by atoms with Gasteiger partial charge in [-0.2, -0.15) is 8.42 Å². The first kappa shape index (κ1) is 14.2. The van der Waals surface area contributed by atoms with Crippen LogP contribution in [0.1, 0.15) is 0 Å². The van der Waals surface area contributed by atoms with E-state index in [1.165, 1.54) is 0 Å². The van der Waals surface area contributed by atoms with Crippen molar-refractivity contribution in [1.29, 1.82) is 0 Å². The molecule has 0 aromatic carbocycles. The van der Waals surface area contributed by atoms with Crippen LogP contribution >= 0.6 is 0 Å². The molecule has 10 nitrogen and oxygen atoms in total. The van der Waals surface area contributed by atoms with Crippen LogP contribution in [0.4, 0.5) is 0 Å². The number of carbonyl (C=O) groups is 1. The second-order valence-corrected chi connectivity index (χ2v) is 4.27. The van der Waals surface area contributed by atoms with Gasteiger partial charge in [-0.15, -0.1) is 0 Å². The minimum absolute atomic E-state index is 1.75. The minimum Gasteiger partial charge on any atom is -0.387 e. The van der Waals surface area contributed by atoms with Gasteiger partial charge >= 0.3 is 16.4 Å². The monoisotopic (exact) mass is 274 g/mol. The Balaban J connectivity index is 2.81. The zero-order chi connectivity index (χ0) is 13.4. The van der Waals surface area contributed by atoms with Gasteiger partial charge in [-0.1, -0.05) is 0 Å². The molecule has 1 saturated heterocycles. The lowest BCUT2D eigenvalue weighted by Gasteiger charge is -2.36. The van der Waals surface area contributed by atoms with Crippen LogP contribution in [0.25, 0.3) is 0 Å². The second kappa shape index (κ2) is 4.81. The predicted molar refractivity (Wildman–Crippen MR) is 46.5 cm³/mol. The lowest BCUT2D eigenvalue weighted by molar-refractivity contribution is -0.279. The Morgan fingerprint density at radius 1 is 1.06 bits per heavy atom. The highest BCUT2D eigenvalue weighted by Crippen LogP contribution is 2.21. The Kier molecular flexibility index (Phi) is 4.03. The van der Waals surface area contributed by atoms with Gasteiger partial charge in [-0.05, 0) is 0 Å². The van der Waals surface area contributed by atoms with Crippen molar-refractivity contribution in [2.24, 2.45) is 0 Å². The van der Waals surface area contributed by atoms with Gasteiger partial charge < -0.3 is 29.3 Å². The molecule has 1 fully saturated rings. The maximum Gasteiger partial charge on any atom is 0.449 e. The van der Waals surface area contributed by atoms with E-state index in [-0.39, 0.29) is 0 Å². The maximum absolute atomic E-state index is 11.1. The van der Waals surface area contributed by atoms with Crippen molar-refractivity contribution in [3.8, 4) is 0 Å². The Bertz CT molecular complexity index is 390. The van der Waals surface area contributed by atoms with Crippen LogP contribution in [-0.4, -0.2) is 70.1 Å². The molecule has 0 spiro atoms. The van der Waals surface area contributed by atoms with Gasteiger partial charge in [0.15, 0.2) is 12.4 Å². The summed E-state index contributed by atoms with van der Waals surface area (Å²) in [5.74, 6) is -1.75. The van der Waals surface area contributed by atoms with Gasteiger partial charge in [0.2, 0.25) is 0 Å². The van der Waals surface area contributed by atoms with Crippen LogP contribution in [0, 0.1) is 0 Å². The summed E-state index contributed by atoms with van der Waals surface area (Å²) in [6, 6.07) is 0. The lowest BCUT2D eigenvalue weighted by atomic mass is 9.99. The van der Waals surface area contributed by atoms with E-state index in [2.05, 4.69) is 8.92 Å². The van der Waals surface area contributed by atoms with Crippen molar-refractivity contribution in [1.82, 2.24) is 0 Å². The molecular formula is C6H10O10S. The number of rotatable bonds is 2. The molecule has 0 aliphatic carbocycles. The lowest BCUT2D eigenvalue weighted by Crippen LogP contribution is -2.60. The molecule has 1 rings (SSSR count). The molecule has 0 saturated carbocycles. The molecule has 11 heteroatoms. The third kappa shape index (κ3) is 3.32. The first-order valence-electron chi connectivity index (χ1n) is 4.22. The van der Waals surface area contributed by atoms with E-state index in [0.29, 0.717) is 0 Å². The summed E-state index contributed by atoms with van der Waals surface area (Å²) in [5.41, 5.74) is 0. The molecule has 0 bridgehead atoms. The van der Waals surface area contributed by atoms with Crippen LogP contribution in [-0.2, 0) is 24.1 Å². The molecule has 5 N–H and O–H groups in total. The Labute approximate surface area is 95.0 Å². The van der Waals surface area contributed by atoms with E-state index < -0.39 is 47.1 Å². The molecule has 0 amide bonds.